The molecule has 6 atom stereocenters. The van der Waals surface area contributed by atoms with Crippen molar-refractivity contribution in [3.63, 3.8) is 0 Å². The van der Waals surface area contributed by atoms with Gasteiger partial charge >= 0.3 is 39.5 Å². The van der Waals surface area contributed by atoms with E-state index in [0.717, 1.165) is 108 Å². The van der Waals surface area contributed by atoms with Crippen molar-refractivity contribution in [3.05, 3.63) is 0 Å². The first-order chi connectivity index (χ1) is 44.9. The Morgan fingerprint density at radius 1 is 0.312 bits per heavy atom. The molecule has 552 valence electrons. The van der Waals surface area contributed by atoms with Crippen LogP contribution in [0.4, 0.5) is 0 Å². The van der Waals surface area contributed by atoms with E-state index in [9.17, 15) is 43.2 Å². The van der Waals surface area contributed by atoms with E-state index in [1.165, 1.54) is 193 Å². The van der Waals surface area contributed by atoms with Crippen molar-refractivity contribution in [2.45, 2.75) is 400 Å². The van der Waals surface area contributed by atoms with Crippen LogP contribution >= 0.6 is 15.6 Å². The summed E-state index contributed by atoms with van der Waals surface area (Å²) >= 11 is 0. The van der Waals surface area contributed by atoms with Crippen LogP contribution in [0.15, 0.2) is 0 Å². The zero-order valence-corrected chi connectivity index (χ0v) is 62.3. The van der Waals surface area contributed by atoms with E-state index in [-0.39, 0.29) is 25.7 Å². The molecule has 0 rings (SSSR count). The Morgan fingerprint density at radius 2 is 0.548 bits per heavy atom. The van der Waals surface area contributed by atoms with Crippen molar-refractivity contribution >= 4 is 39.5 Å². The van der Waals surface area contributed by atoms with Crippen LogP contribution in [0.1, 0.15) is 382 Å². The van der Waals surface area contributed by atoms with Gasteiger partial charge in [0.15, 0.2) is 12.2 Å². The molecule has 0 amide bonds. The largest absolute Gasteiger partial charge is 0.472 e. The number of carbonyl (C=O) groups excluding carboxylic acids is 4. The van der Waals surface area contributed by atoms with E-state index >= 15 is 0 Å². The van der Waals surface area contributed by atoms with Gasteiger partial charge in [-0.2, -0.15) is 0 Å². The average Bonchev–Trinajstić information content (AvgIpc) is 1.54. The number of hydrogen-bond acceptors (Lipinski definition) is 15. The number of aliphatic hydroxyl groups is 1. The van der Waals surface area contributed by atoms with Crippen molar-refractivity contribution in [3.8, 4) is 0 Å². The van der Waals surface area contributed by atoms with Crippen LogP contribution in [0.3, 0.4) is 0 Å². The Bertz CT molecular complexity index is 1810. The van der Waals surface area contributed by atoms with E-state index < -0.39 is 97.5 Å². The molecular weight excluding hydrogens is 1220 g/mol. The fraction of sp³-hybridized carbons (Fsp3) is 0.946. The second-order valence-electron chi connectivity index (χ2n) is 27.4. The van der Waals surface area contributed by atoms with Crippen molar-refractivity contribution in [2.24, 2.45) is 11.8 Å². The summed E-state index contributed by atoms with van der Waals surface area (Å²) in [6, 6.07) is 0. The van der Waals surface area contributed by atoms with Crippen LogP contribution in [-0.4, -0.2) is 96.7 Å². The summed E-state index contributed by atoms with van der Waals surface area (Å²) in [5.41, 5.74) is 0. The van der Waals surface area contributed by atoms with E-state index in [1.54, 1.807) is 0 Å². The molecule has 93 heavy (non-hydrogen) atoms. The molecule has 3 N–H and O–H groups in total. The van der Waals surface area contributed by atoms with E-state index in [2.05, 4.69) is 41.5 Å². The number of aliphatic hydroxyl groups excluding tert-OH is 1. The lowest BCUT2D eigenvalue weighted by atomic mass is 9.99. The number of phosphoric ester groups is 2. The van der Waals surface area contributed by atoms with E-state index in [0.29, 0.717) is 25.7 Å². The minimum Gasteiger partial charge on any atom is -0.462 e. The van der Waals surface area contributed by atoms with Crippen LogP contribution in [0.25, 0.3) is 0 Å². The second kappa shape index (κ2) is 66.0. The van der Waals surface area contributed by atoms with Crippen LogP contribution in [0, 0.1) is 11.8 Å². The molecule has 0 aromatic rings. The quantitative estimate of drug-likeness (QED) is 0.0222. The highest BCUT2D eigenvalue weighted by Gasteiger charge is 2.30. The lowest BCUT2D eigenvalue weighted by molar-refractivity contribution is -0.161. The van der Waals surface area contributed by atoms with Gasteiger partial charge in [0.25, 0.3) is 0 Å². The molecule has 0 radical (unpaired) electrons. The van der Waals surface area contributed by atoms with Crippen LogP contribution in [-0.2, 0) is 65.4 Å². The molecule has 19 heteroatoms. The first kappa shape index (κ1) is 91.1. The Hall–Kier alpha value is -1.94. The van der Waals surface area contributed by atoms with Gasteiger partial charge in [-0.1, -0.05) is 330 Å². The van der Waals surface area contributed by atoms with Crippen molar-refractivity contribution in [2.75, 3.05) is 39.6 Å². The van der Waals surface area contributed by atoms with Gasteiger partial charge in [0.05, 0.1) is 26.4 Å². The molecule has 0 heterocycles. The molecule has 0 aromatic heterocycles. The molecule has 0 aliphatic heterocycles. The Morgan fingerprint density at radius 3 is 0.817 bits per heavy atom. The van der Waals surface area contributed by atoms with Gasteiger partial charge in [-0.3, -0.25) is 37.3 Å². The third-order valence-electron chi connectivity index (χ3n) is 17.6. The molecule has 0 spiro atoms. The summed E-state index contributed by atoms with van der Waals surface area (Å²) in [6.07, 6.45) is 52.6. The van der Waals surface area contributed by atoms with Crippen molar-refractivity contribution in [1.29, 1.82) is 0 Å². The molecule has 0 saturated heterocycles. The summed E-state index contributed by atoms with van der Waals surface area (Å²) in [5, 5.41) is 10.6. The van der Waals surface area contributed by atoms with Crippen molar-refractivity contribution in [1.82, 2.24) is 0 Å². The summed E-state index contributed by atoms with van der Waals surface area (Å²) in [5.74, 6) is -0.492. The Kier molecular flexibility index (Phi) is 64.6. The van der Waals surface area contributed by atoms with Gasteiger partial charge in [0.2, 0.25) is 0 Å². The maximum absolute atomic E-state index is 13.1. The topological polar surface area (TPSA) is 237 Å². The molecule has 0 fully saturated rings. The predicted octanol–water partition coefficient (Wildman–Crippen LogP) is 21.6. The average molecular weight is 1370 g/mol. The first-order valence-electron chi connectivity index (χ1n) is 38.5. The van der Waals surface area contributed by atoms with Gasteiger partial charge < -0.3 is 33.8 Å². The molecule has 0 aromatic carbocycles. The van der Waals surface area contributed by atoms with Crippen LogP contribution < -0.4 is 0 Å². The summed E-state index contributed by atoms with van der Waals surface area (Å²) in [6.45, 7) is 9.62. The third-order valence-corrected chi connectivity index (χ3v) is 19.5. The molecule has 0 aliphatic carbocycles. The zero-order chi connectivity index (χ0) is 68.6. The summed E-state index contributed by atoms with van der Waals surface area (Å²) in [4.78, 5) is 72.6. The van der Waals surface area contributed by atoms with Crippen LogP contribution in [0.2, 0.25) is 0 Å². The highest BCUT2D eigenvalue weighted by atomic mass is 31.2. The van der Waals surface area contributed by atoms with Crippen molar-refractivity contribution < 1.29 is 80.2 Å². The number of hydrogen-bond donors (Lipinski definition) is 3. The molecule has 0 bridgehead atoms. The third kappa shape index (κ3) is 67.0. The van der Waals surface area contributed by atoms with E-state index in [1.807, 2.05) is 0 Å². The molecule has 0 saturated carbocycles. The van der Waals surface area contributed by atoms with Gasteiger partial charge in [-0.15, -0.1) is 0 Å². The van der Waals surface area contributed by atoms with Gasteiger partial charge in [-0.25, -0.2) is 9.13 Å². The minimum absolute atomic E-state index is 0.107. The first-order valence-corrected chi connectivity index (χ1v) is 41.5. The number of carbonyl (C=O) groups is 4. The standard InChI is InChI=1S/C74H144O17P2/c1-7-10-12-14-16-18-19-28-34-40-46-52-58-73(78)90-69(62-84-71(76)56-50-44-38-17-15-13-11-8-2)64-88-92(80,81)86-60-68(75)61-87-93(82,83)89-65-70(63-85-72(77)57-51-45-39-33-29-25-24-26-31-36-42-48-54-66(4)5)91-74(79)59-53-47-41-35-30-23-21-20-22-27-32-37-43-49-55-67(6)9-3/h66-70,75H,7-65H2,1-6H3,(H,80,81)(H,82,83)/t67?,68-,69+,70+/m0/s1. The smallest absolute Gasteiger partial charge is 0.462 e. The SMILES string of the molecule is CCCCCCCCCCCCCCC(=O)O[C@H](COC(=O)CCCCCCCCCC)COP(=O)(O)OC[C@H](O)COP(=O)(O)OC[C@@H](COC(=O)CCCCCCCCCCCCCCC(C)C)OC(=O)CCCCCCCCCCCCCCCCC(C)CC. The number of rotatable bonds is 73. The van der Waals surface area contributed by atoms with Gasteiger partial charge in [0, 0.05) is 25.7 Å². The second-order valence-corrected chi connectivity index (χ2v) is 30.3. The van der Waals surface area contributed by atoms with E-state index in [4.69, 9.17) is 37.0 Å². The lowest BCUT2D eigenvalue weighted by Crippen LogP contribution is -2.30. The Balaban J connectivity index is 5.22. The molecule has 17 nitrogen and oxygen atoms in total. The zero-order valence-electron chi connectivity index (χ0n) is 60.6. The van der Waals surface area contributed by atoms with Gasteiger partial charge in [0.1, 0.15) is 19.3 Å². The fourth-order valence-corrected chi connectivity index (χ4v) is 12.8. The highest BCUT2D eigenvalue weighted by molar-refractivity contribution is 7.47. The molecule has 0 aliphatic rings. The highest BCUT2D eigenvalue weighted by Crippen LogP contribution is 2.45. The summed E-state index contributed by atoms with van der Waals surface area (Å²) < 4.78 is 68.4. The Labute approximate surface area is 568 Å². The number of ether oxygens (including phenoxy) is 4. The minimum atomic E-state index is -4.96. The van der Waals surface area contributed by atoms with Crippen LogP contribution in [0.5, 0.6) is 0 Å². The summed E-state index contributed by atoms with van der Waals surface area (Å²) in [7, 11) is -9.90. The van der Waals surface area contributed by atoms with Gasteiger partial charge in [-0.05, 0) is 37.5 Å². The molecule has 3 unspecified atom stereocenters. The number of phosphoric acid groups is 2. The lowest BCUT2D eigenvalue weighted by Gasteiger charge is -2.21. The monoisotopic (exact) mass is 1370 g/mol. The normalized spacial score (nSPS) is 14.3. The fourth-order valence-electron chi connectivity index (χ4n) is 11.3. The number of unbranched alkanes of at least 4 members (excludes halogenated alkanes) is 42. The molecular formula is C74H144O17P2. The number of esters is 4. The maximum atomic E-state index is 13.1. The predicted molar refractivity (Wildman–Crippen MR) is 377 cm³/mol. The maximum Gasteiger partial charge on any atom is 0.472 e.